The summed E-state index contributed by atoms with van der Waals surface area (Å²) in [5, 5.41) is 13.9. The lowest BCUT2D eigenvalue weighted by Gasteiger charge is -2.29. The molecule has 1 atom stereocenters. The lowest BCUT2D eigenvalue weighted by atomic mass is 10.0. The zero-order chi connectivity index (χ0) is 18.9. The zero-order valence-corrected chi connectivity index (χ0v) is 16.1. The number of likely N-dealkylation sites (N-methyl/N-ethyl adjacent to an activating group) is 1. The predicted octanol–water partition coefficient (Wildman–Crippen LogP) is 3.57. The third-order valence-corrected chi connectivity index (χ3v) is 4.59. The van der Waals surface area contributed by atoms with Crippen molar-refractivity contribution in [1.82, 2.24) is 9.97 Å². The average molecular weight is 375 g/mol. The summed E-state index contributed by atoms with van der Waals surface area (Å²) in [6.45, 7) is 5.98. The number of fused-ring (bicyclic) bond motifs is 1. The Bertz CT molecular complexity index is 815. The molecule has 0 saturated heterocycles. The van der Waals surface area contributed by atoms with Crippen LogP contribution in [-0.2, 0) is 0 Å². The lowest BCUT2D eigenvalue weighted by molar-refractivity contribution is 0.0646. The van der Waals surface area contributed by atoms with Crippen molar-refractivity contribution in [2.45, 2.75) is 32.4 Å². The second kappa shape index (κ2) is 7.13. The molecule has 2 heterocycles. The van der Waals surface area contributed by atoms with Gasteiger partial charge in [-0.05, 0) is 51.1 Å². The van der Waals surface area contributed by atoms with Crippen molar-refractivity contribution < 1.29 is 9.84 Å². The quantitative estimate of drug-likeness (QED) is 0.833. The Morgan fingerprint density at radius 3 is 2.65 bits per heavy atom. The van der Waals surface area contributed by atoms with E-state index in [9.17, 15) is 5.11 Å². The highest BCUT2D eigenvalue weighted by Gasteiger charge is 2.24. The van der Waals surface area contributed by atoms with Crippen molar-refractivity contribution in [1.29, 1.82) is 0 Å². The molecule has 1 aromatic heterocycles. The second-order valence-electron chi connectivity index (χ2n) is 7.01. The number of nitrogens with one attached hydrogen (secondary N) is 1. The number of halogens is 1. The van der Waals surface area contributed by atoms with Crippen molar-refractivity contribution in [2.75, 3.05) is 23.8 Å². The van der Waals surface area contributed by atoms with E-state index in [1.54, 1.807) is 32.2 Å². The monoisotopic (exact) mass is 374 g/mol. The number of rotatable bonds is 5. The highest BCUT2D eigenvalue weighted by atomic mass is 35.5. The van der Waals surface area contributed by atoms with Gasteiger partial charge in [0.25, 0.3) is 0 Å². The fourth-order valence-corrected chi connectivity index (χ4v) is 2.60. The van der Waals surface area contributed by atoms with Gasteiger partial charge in [0.2, 0.25) is 5.95 Å². The molecule has 2 aromatic rings. The van der Waals surface area contributed by atoms with E-state index in [1.807, 2.05) is 37.1 Å². The first-order valence-electron chi connectivity index (χ1n) is 8.43. The van der Waals surface area contributed by atoms with E-state index in [1.165, 1.54) is 0 Å². The van der Waals surface area contributed by atoms with Gasteiger partial charge >= 0.3 is 0 Å². The Kier molecular flexibility index (Phi) is 5.07. The van der Waals surface area contributed by atoms with E-state index >= 15 is 0 Å². The fourth-order valence-electron chi connectivity index (χ4n) is 2.47. The molecule has 0 aliphatic carbocycles. The van der Waals surface area contributed by atoms with Crippen LogP contribution in [-0.4, -0.2) is 40.3 Å². The van der Waals surface area contributed by atoms with Gasteiger partial charge in [0.15, 0.2) is 0 Å². The molecule has 1 aliphatic heterocycles. The predicted molar refractivity (Wildman–Crippen MR) is 105 cm³/mol. The summed E-state index contributed by atoms with van der Waals surface area (Å²) in [5.74, 6) is 2.83. The molecule has 0 radical (unpaired) electrons. The van der Waals surface area contributed by atoms with Crippen LogP contribution < -0.4 is 15.0 Å². The average Bonchev–Trinajstić information content (AvgIpc) is 2.57. The minimum Gasteiger partial charge on any atom is -0.460 e. The number of hydrogen-bond donors (Lipinski definition) is 2. The maximum atomic E-state index is 10.1. The van der Waals surface area contributed by atoms with E-state index in [-0.39, 0.29) is 6.04 Å². The standard InChI is InChI=1S/C19H23ClN4O2/c1-12(19(2,3)25)22-18-21-10-13-9-16(11-24(4)17(13)23-18)26-15-7-5-14(20)6-8-15/h5-10,12,25H,11H2,1-4H3,(H,21,22,23)/t12-/m0/s1. The van der Waals surface area contributed by atoms with Crippen molar-refractivity contribution in [3.05, 3.63) is 46.8 Å². The summed E-state index contributed by atoms with van der Waals surface area (Å²) in [5.41, 5.74) is 0.00849. The van der Waals surface area contributed by atoms with Gasteiger partial charge in [-0.15, -0.1) is 0 Å². The fraction of sp³-hybridized carbons (Fsp3) is 0.368. The summed E-state index contributed by atoms with van der Waals surface area (Å²) in [6, 6.07) is 7.07. The van der Waals surface area contributed by atoms with Crippen LogP contribution in [0.4, 0.5) is 11.8 Å². The maximum absolute atomic E-state index is 10.1. The smallest absolute Gasteiger partial charge is 0.224 e. The van der Waals surface area contributed by atoms with Crippen LogP contribution >= 0.6 is 11.6 Å². The molecule has 1 aromatic carbocycles. The highest BCUT2D eigenvalue weighted by Crippen LogP contribution is 2.28. The van der Waals surface area contributed by atoms with E-state index in [2.05, 4.69) is 15.3 Å². The Labute approximate surface area is 158 Å². The molecule has 2 N–H and O–H groups in total. The number of nitrogens with zero attached hydrogens (tertiary/aromatic N) is 3. The van der Waals surface area contributed by atoms with E-state index < -0.39 is 5.60 Å². The van der Waals surface area contributed by atoms with Crippen LogP contribution in [0.2, 0.25) is 5.02 Å². The number of aliphatic hydroxyl groups is 1. The number of benzene rings is 1. The van der Waals surface area contributed by atoms with Gasteiger partial charge < -0.3 is 20.1 Å². The van der Waals surface area contributed by atoms with Gasteiger partial charge in [0.05, 0.1) is 18.2 Å². The van der Waals surface area contributed by atoms with Gasteiger partial charge in [-0.2, -0.15) is 4.98 Å². The Morgan fingerprint density at radius 1 is 1.31 bits per heavy atom. The summed E-state index contributed by atoms with van der Waals surface area (Å²) in [6.07, 6.45) is 3.69. The molecule has 138 valence electrons. The first kappa shape index (κ1) is 18.5. The molecule has 7 heteroatoms. The van der Waals surface area contributed by atoms with Crippen LogP contribution in [0.25, 0.3) is 6.08 Å². The van der Waals surface area contributed by atoms with Gasteiger partial charge in [-0.3, -0.25) is 0 Å². The molecule has 0 amide bonds. The van der Waals surface area contributed by atoms with Gasteiger partial charge in [0.1, 0.15) is 17.3 Å². The maximum Gasteiger partial charge on any atom is 0.224 e. The number of aromatic nitrogens is 2. The largest absolute Gasteiger partial charge is 0.460 e. The second-order valence-corrected chi connectivity index (χ2v) is 7.45. The van der Waals surface area contributed by atoms with Crippen LogP contribution in [0.3, 0.4) is 0 Å². The normalized spacial score (nSPS) is 15.2. The zero-order valence-electron chi connectivity index (χ0n) is 15.3. The van der Waals surface area contributed by atoms with E-state index in [0.29, 0.717) is 17.5 Å². The highest BCUT2D eigenvalue weighted by molar-refractivity contribution is 6.30. The van der Waals surface area contributed by atoms with Crippen LogP contribution in [0, 0.1) is 0 Å². The minimum absolute atomic E-state index is 0.186. The summed E-state index contributed by atoms with van der Waals surface area (Å²) < 4.78 is 5.93. The van der Waals surface area contributed by atoms with Crippen LogP contribution in [0.5, 0.6) is 5.75 Å². The first-order chi connectivity index (χ1) is 12.2. The number of ether oxygens (including phenoxy) is 1. The van der Waals surface area contributed by atoms with Gasteiger partial charge in [-0.1, -0.05) is 11.6 Å². The molecular weight excluding hydrogens is 352 g/mol. The third kappa shape index (κ3) is 4.26. The Balaban J connectivity index is 1.79. The van der Waals surface area contributed by atoms with E-state index in [4.69, 9.17) is 16.3 Å². The Morgan fingerprint density at radius 2 is 2.00 bits per heavy atom. The third-order valence-electron chi connectivity index (χ3n) is 4.33. The van der Waals surface area contributed by atoms with Gasteiger partial charge in [-0.25, -0.2) is 4.98 Å². The lowest BCUT2D eigenvalue weighted by Crippen LogP contribution is -2.40. The van der Waals surface area contributed by atoms with Crippen LogP contribution in [0.1, 0.15) is 26.3 Å². The molecule has 1 aliphatic rings. The molecule has 26 heavy (non-hydrogen) atoms. The molecule has 0 spiro atoms. The molecule has 6 nitrogen and oxygen atoms in total. The van der Waals surface area contributed by atoms with E-state index in [0.717, 1.165) is 22.9 Å². The molecule has 0 saturated carbocycles. The topological polar surface area (TPSA) is 70.5 Å². The first-order valence-corrected chi connectivity index (χ1v) is 8.81. The SMILES string of the molecule is C[C@H](Nc1ncc2c(n1)N(C)CC(Oc1ccc(Cl)cc1)=C2)C(C)(C)O. The van der Waals surface area contributed by atoms with Crippen molar-refractivity contribution >= 4 is 29.4 Å². The van der Waals surface area contributed by atoms with Crippen molar-refractivity contribution in [3.8, 4) is 5.75 Å². The molecule has 3 rings (SSSR count). The molecule has 0 fully saturated rings. The summed E-state index contributed by atoms with van der Waals surface area (Å²) in [4.78, 5) is 10.9. The molecular formula is C19H23ClN4O2. The summed E-state index contributed by atoms with van der Waals surface area (Å²) >= 11 is 5.91. The number of anilines is 2. The van der Waals surface area contributed by atoms with Crippen molar-refractivity contribution in [2.24, 2.45) is 0 Å². The summed E-state index contributed by atoms with van der Waals surface area (Å²) in [7, 11) is 1.95. The number of hydrogen-bond acceptors (Lipinski definition) is 6. The minimum atomic E-state index is -0.870. The molecule has 0 bridgehead atoms. The molecule has 0 unspecified atom stereocenters. The van der Waals surface area contributed by atoms with Crippen LogP contribution in [0.15, 0.2) is 36.2 Å². The van der Waals surface area contributed by atoms with Gasteiger partial charge in [0, 0.05) is 23.8 Å². The Hall–Kier alpha value is -2.31. The van der Waals surface area contributed by atoms with Crippen molar-refractivity contribution in [3.63, 3.8) is 0 Å².